The number of nitrogens with two attached hydrogens (primary N) is 1. The second kappa shape index (κ2) is 7.46. The number of benzene rings is 1. The van der Waals surface area contributed by atoms with Gasteiger partial charge in [0.25, 0.3) is 5.89 Å². The highest BCUT2D eigenvalue weighted by Crippen LogP contribution is 2.35. The van der Waals surface area contributed by atoms with Crippen molar-refractivity contribution in [2.45, 2.75) is 31.2 Å². The fourth-order valence-electron chi connectivity index (χ4n) is 3.46. The van der Waals surface area contributed by atoms with Gasteiger partial charge < -0.3 is 10.3 Å². The van der Waals surface area contributed by atoms with Gasteiger partial charge in [0, 0.05) is 0 Å². The van der Waals surface area contributed by atoms with Crippen molar-refractivity contribution in [1.29, 1.82) is 0 Å². The maximum atomic E-state index is 6.45. The van der Waals surface area contributed by atoms with Gasteiger partial charge in [0.05, 0.1) is 16.1 Å². The summed E-state index contributed by atoms with van der Waals surface area (Å²) in [7, 11) is 0. The van der Waals surface area contributed by atoms with Crippen LogP contribution < -0.4 is 5.73 Å². The molecule has 0 bridgehead atoms. The first-order chi connectivity index (χ1) is 13.2. The second-order valence-electron chi connectivity index (χ2n) is 6.77. The number of halogens is 1. The van der Waals surface area contributed by atoms with E-state index in [1.165, 1.54) is 0 Å². The summed E-state index contributed by atoms with van der Waals surface area (Å²) in [6.07, 6.45) is 3.92. The lowest BCUT2D eigenvalue weighted by atomic mass is 9.99. The van der Waals surface area contributed by atoms with Crippen LogP contribution in [-0.2, 0) is 5.54 Å². The summed E-state index contributed by atoms with van der Waals surface area (Å²) in [6, 6.07) is 13.9. The maximum Gasteiger partial charge on any atom is 0.297 e. The lowest BCUT2D eigenvalue weighted by Crippen LogP contribution is -2.34. The van der Waals surface area contributed by atoms with Crippen LogP contribution in [0.4, 0.5) is 0 Å². The van der Waals surface area contributed by atoms with Crippen LogP contribution in [0.3, 0.4) is 0 Å². The van der Waals surface area contributed by atoms with E-state index in [0.29, 0.717) is 17.5 Å². The predicted molar refractivity (Wildman–Crippen MR) is 110 cm³/mol. The first-order valence-corrected chi connectivity index (χ1v) is 9.81. The minimum Gasteiger partial charge on any atom is -0.330 e. The Bertz CT molecular complexity index is 1050. The summed E-state index contributed by atoms with van der Waals surface area (Å²) in [5.41, 5.74) is 6.87. The van der Waals surface area contributed by atoms with E-state index in [1.807, 2.05) is 47.8 Å². The molecule has 9 heteroatoms. The predicted octanol–water partition coefficient (Wildman–Crippen LogP) is 4.20. The molecule has 1 aliphatic rings. The summed E-state index contributed by atoms with van der Waals surface area (Å²) < 4.78 is 7.28. The highest BCUT2D eigenvalue weighted by atomic mass is 35.5. The lowest BCUT2D eigenvalue weighted by Gasteiger charge is -2.17. The molecule has 1 aliphatic carbocycles. The molecule has 0 saturated heterocycles. The fourth-order valence-corrected chi connectivity index (χ4v) is 4.16. The minimum atomic E-state index is -0.500. The highest BCUT2D eigenvalue weighted by molar-refractivity contribution is 7.13. The van der Waals surface area contributed by atoms with Gasteiger partial charge in [0.1, 0.15) is 0 Å². The van der Waals surface area contributed by atoms with Gasteiger partial charge in [-0.25, -0.2) is 9.67 Å². The van der Waals surface area contributed by atoms with E-state index in [0.717, 1.165) is 42.1 Å². The number of para-hydroxylation sites is 1. The van der Waals surface area contributed by atoms with Crippen LogP contribution in [0, 0.1) is 0 Å². The molecule has 3 heterocycles. The van der Waals surface area contributed by atoms with E-state index < -0.39 is 5.54 Å². The molecule has 7 nitrogen and oxygen atoms in total. The average molecular weight is 415 g/mol. The van der Waals surface area contributed by atoms with E-state index in [2.05, 4.69) is 20.2 Å². The zero-order chi connectivity index (χ0) is 18.3. The van der Waals surface area contributed by atoms with Crippen molar-refractivity contribution in [3.63, 3.8) is 0 Å². The molecule has 144 valence electrons. The Morgan fingerprint density at radius 3 is 2.54 bits per heavy atom. The Morgan fingerprint density at radius 2 is 1.82 bits per heavy atom. The molecule has 2 N–H and O–H groups in total. The summed E-state index contributed by atoms with van der Waals surface area (Å²) in [4.78, 5) is 10.2. The van der Waals surface area contributed by atoms with Gasteiger partial charge in [0.15, 0.2) is 11.6 Å². The largest absolute Gasteiger partial charge is 0.330 e. The molecule has 3 aromatic heterocycles. The number of rotatable bonds is 4. The third-order valence-electron chi connectivity index (χ3n) is 4.91. The normalized spacial score (nSPS) is 15.5. The van der Waals surface area contributed by atoms with E-state index in [-0.39, 0.29) is 12.4 Å². The smallest absolute Gasteiger partial charge is 0.297 e. The first kappa shape index (κ1) is 18.8. The summed E-state index contributed by atoms with van der Waals surface area (Å²) in [6.45, 7) is 0. The summed E-state index contributed by atoms with van der Waals surface area (Å²) >= 11 is 1.61. The Balaban J connectivity index is 0.00000192. The van der Waals surface area contributed by atoms with E-state index >= 15 is 0 Å². The Labute approximate surface area is 172 Å². The lowest BCUT2D eigenvalue weighted by molar-refractivity contribution is 0.372. The van der Waals surface area contributed by atoms with Crippen LogP contribution in [0.5, 0.6) is 0 Å². The van der Waals surface area contributed by atoms with Crippen LogP contribution in [0.15, 0.2) is 52.4 Å². The monoisotopic (exact) mass is 414 g/mol. The van der Waals surface area contributed by atoms with E-state index in [1.54, 1.807) is 16.0 Å². The number of nitrogens with zero attached hydrogens (tertiary/aromatic N) is 5. The molecular formula is C19H19ClN6OS. The molecule has 0 amide bonds. The molecule has 1 fully saturated rings. The molecule has 4 aromatic rings. The van der Waals surface area contributed by atoms with Gasteiger partial charge in [0.2, 0.25) is 5.82 Å². The van der Waals surface area contributed by atoms with Gasteiger partial charge in [-0.3, -0.25) is 0 Å². The topological polar surface area (TPSA) is 95.7 Å². The molecule has 0 spiro atoms. The third-order valence-corrected chi connectivity index (χ3v) is 5.77. The van der Waals surface area contributed by atoms with Crippen molar-refractivity contribution in [2.75, 3.05) is 0 Å². The van der Waals surface area contributed by atoms with E-state index in [4.69, 9.17) is 10.3 Å². The Kier molecular flexibility index (Phi) is 5.01. The van der Waals surface area contributed by atoms with Gasteiger partial charge in [-0.2, -0.15) is 4.98 Å². The zero-order valence-electron chi connectivity index (χ0n) is 15.0. The van der Waals surface area contributed by atoms with Crippen LogP contribution in [0.25, 0.3) is 28.1 Å². The molecular weight excluding hydrogens is 396 g/mol. The number of aromatic nitrogens is 5. The third kappa shape index (κ3) is 3.23. The first-order valence-electron chi connectivity index (χ1n) is 8.93. The number of hydrogen-bond acceptors (Lipinski definition) is 7. The quantitative estimate of drug-likeness (QED) is 0.537. The second-order valence-corrected chi connectivity index (χ2v) is 7.72. The zero-order valence-corrected chi connectivity index (χ0v) is 16.6. The van der Waals surface area contributed by atoms with Crippen molar-refractivity contribution < 1.29 is 4.52 Å². The van der Waals surface area contributed by atoms with Gasteiger partial charge in [-0.1, -0.05) is 42.3 Å². The van der Waals surface area contributed by atoms with Gasteiger partial charge in [-0.15, -0.1) is 28.8 Å². The van der Waals surface area contributed by atoms with Crippen LogP contribution in [0.1, 0.15) is 31.5 Å². The molecule has 0 atom stereocenters. The molecule has 0 aliphatic heterocycles. The molecule has 0 radical (unpaired) electrons. The van der Waals surface area contributed by atoms with E-state index in [9.17, 15) is 0 Å². The van der Waals surface area contributed by atoms with Crippen molar-refractivity contribution in [1.82, 2.24) is 24.9 Å². The molecule has 0 unspecified atom stereocenters. The summed E-state index contributed by atoms with van der Waals surface area (Å²) in [5.74, 6) is 2.00. The SMILES string of the molecule is Cl.NC1(c2noc(-c3nc(-c4cccs4)n(-c4ccccc4)n3)n2)CCCC1. The van der Waals surface area contributed by atoms with Crippen molar-refractivity contribution in [3.05, 3.63) is 53.7 Å². The molecule has 1 aromatic carbocycles. The fraction of sp³-hybridized carbons (Fsp3) is 0.263. The van der Waals surface area contributed by atoms with Crippen molar-refractivity contribution in [3.8, 4) is 28.1 Å². The average Bonchev–Trinajstić information content (AvgIpc) is 3.47. The Hall–Kier alpha value is -2.55. The van der Waals surface area contributed by atoms with Gasteiger partial charge in [-0.05, 0) is 36.4 Å². The minimum absolute atomic E-state index is 0. The summed E-state index contributed by atoms with van der Waals surface area (Å²) in [5, 5.41) is 10.8. The number of hydrogen-bond donors (Lipinski definition) is 1. The highest BCUT2D eigenvalue weighted by Gasteiger charge is 2.36. The van der Waals surface area contributed by atoms with Gasteiger partial charge >= 0.3 is 0 Å². The maximum absolute atomic E-state index is 6.45. The van der Waals surface area contributed by atoms with Crippen LogP contribution in [0.2, 0.25) is 0 Å². The van der Waals surface area contributed by atoms with Crippen molar-refractivity contribution in [2.24, 2.45) is 5.73 Å². The molecule has 5 rings (SSSR count). The van der Waals surface area contributed by atoms with Crippen LogP contribution >= 0.6 is 23.7 Å². The number of thiophene rings is 1. The van der Waals surface area contributed by atoms with Crippen LogP contribution in [-0.4, -0.2) is 24.9 Å². The molecule has 1 saturated carbocycles. The van der Waals surface area contributed by atoms with Crippen molar-refractivity contribution >= 4 is 23.7 Å². The Morgan fingerprint density at radius 1 is 1.04 bits per heavy atom. The standard InChI is InChI=1S/C19H18N6OS.ClH/c20-19(10-4-5-11-19)18-22-17(26-24-18)15-21-16(14-9-6-12-27-14)25(23-15)13-7-2-1-3-8-13;/h1-3,6-9,12H,4-5,10-11,20H2;1H. The molecule has 28 heavy (non-hydrogen) atoms.